The first-order valence-corrected chi connectivity index (χ1v) is 9.88. The molecule has 160 valence electrons. The van der Waals surface area contributed by atoms with Crippen LogP contribution in [0.3, 0.4) is 0 Å². The van der Waals surface area contributed by atoms with E-state index in [1.165, 1.54) is 38.3 Å². The van der Waals surface area contributed by atoms with Crippen LogP contribution in [0, 0.1) is 0 Å². The first-order valence-electron chi connectivity index (χ1n) is 9.88. The number of amides is 2. The molecule has 0 spiro atoms. The first-order chi connectivity index (χ1) is 15.4. The summed E-state index contributed by atoms with van der Waals surface area (Å²) in [6, 6.07) is 19.0. The molecule has 32 heavy (non-hydrogen) atoms. The minimum atomic E-state index is -0.994. The average molecular weight is 429 g/mol. The monoisotopic (exact) mass is 429 g/mol. The molecular weight excluding hydrogens is 410 g/mol. The third-order valence-corrected chi connectivity index (χ3v) is 5.18. The SMILES string of the molecule is COc1ccc(C(=O)C(C)OC(=O)c2ccc(N3C(=O)c4ccccc4C3=O)cc2)cc1. The lowest BCUT2D eigenvalue weighted by Crippen LogP contribution is -2.29. The van der Waals surface area contributed by atoms with Gasteiger partial charge in [0.25, 0.3) is 11.8 Å². The van der Waals surface area contributed by atoms with E-state index in [1.54, 1.807) is 48.5 Å². The molecule has 0 bridgehead atoms. The van der Waals surface area contributed by atoms with Gasteiger partial charge in [-0.1, -0.05) is 12.1 Å². The molecule has 0 aromatic heterocycles. The van der Waals surface area contributed by atoms with E-state index in [4.69, 9.17) is 9.47 Å². The Kier molecular flexibility index (Phi) is 5.55. The molecule has 0 aliphatic carbocycles. The molecule has 0 saturated carbocycles. The van der Waals surface area contributed by atoms with Crippen LogP contribution in [0.25, 0.3) is 0 Å². The molecule has 3 aromatic carbocycles. The Labute approximate surface area is 184 Å². The van der Waals surface area contributed by atoms with Crippen LogP contribution in [-0.4, -0.2) is 36.8 Å². The number of esters is 1. The third-order valence-electron chi connectivity index (χ3n) is 5.18. The minimum absolute atomic E-state index is 0.194. The predicted molar refractivity (Wildman–Crippen MR) is 116 cm³/mol. The van der Waals surface area contributed by atoms with Crippen molar-refractivity contribution in [3.05, 3.63) is 95.1 Å². The third kappa shape index (κ3) is 3.76. The highest BCUT2D eigenvalue weighted by atomic mass is 16.5. The highest BCUT2D eigenvalue weighted by molar-refractivity contribution is 6.34. The molecule has 1 aliphatic rings. The number of Topliss-reactive ketones (excluding diaryl/α,β-unsaturated/α-hetero) is 1. The normalized spacial score (nSPS) is 13.5. The van der Waals surface area contributed by atoms with Crippen molar-refractivity contribution in [2.45, 2.75) is 13.0 Å². The average Bonchev–Trinajstić information content (AvgIpc) is 3.08. The molecule has 1 atom stereocenters. The molecule has 3 aromatic rings. The summed E-state index contributed by atoms with van der Waals surface area (Å²) >= 11 is 0. The van der Waals surface area contributed by atoms with Crippen molar-refractivity contribution in [3.63, 3.8) is 0 Å². The largest absolute Gasteiger partial charge is 0.497 e. The van der Waals surface area contributed by atoms with E-state index in [9.17, 15) is 19.2 Å². The summed E-state index contributed by atoms with van der Waals surface area (Å²) in [6.45, 7) is 1.50. The number of carbonyl (C=O) groups is 4. The quantitative estimate of drug-likeness (QED) is 0.335. The summed E-state index contributed by atoms with van der Waals surface area (Å²) in [5.74, 6) is -1.25. The zero-order valence-electron chi connectivity index (χ0n) is 17.4. The van der Waals surface area contributed by atoms with Gasteiger partial charge in [0.05, 0.1) is 29.5 Å². The first kappa shape index (κ1) is 21.0. The van der Waals surface area contributed by atoms with Crippen molar-refractivity contribution < 1.29 is 28.7 Å². The predicted octanol–water partition coefficient (Wildman–Crippen LogP) is 3.92. The van der Waals surface area contributed by atoms with Gasteiger partial charge in [0.2, 0.25) is 5.78 Å². The van der Waals surface area contributed by atoms with E-state index in [0.717, 1.165) is 4.90 Å². The van der Waals surface area contributed by atoms with Crippen molar-refractivity contribution in [2.24, 2.45) is 0 Å². The number of hydrogen-bond donors (Lipinski definition) is 0. The molecule has 0 N–H and O–H groups in total. The van der Waals surface area contributed by atoms with Gasteiger partial charge >= 0.3 is 5.97 Å². The highest BCUT2D eigenvalue weighted by Crippen LogP contribution is 2.28. The van der Waals surface area contributed by atoms with E-state index in [1.807, 2.05) is 0 Å². The fourth-order valence-electron chi connectivity index (χ4n) is 3.44. The molecule has 0 saturated heterocycles. The number of carbonyl (C=O) groups excluding carboxylic acids is 4. The second-order valence-corrected chi connectivity index (χ2v) is 7.18. The maximum Gasteiger partial charge on any atom is 0.338 e. The molecule has 1 aliphatic heterocycles. The van der Waals surface area contributed by atoms with Crippen LogP contribution < -0.4 is 9.64 Å². The van der Waals surface area contributed by atoms with Crippen LogP contribution in [-0.2, 0) is 4.74 Å². The highest BCUT2D eigenvalue weighted by Gasteiger charge is 2.36. The number of ether oxygens (including phenoxy) is 2. The fourth-order valence-corrected chi connectivity index (χ4v) is 3.44. The second kappa shape index (κ2) is 8.47. The van der Waals surface area contributed by atoms with Crippen molar-refractivity contribution in [3.8, 4) is 5.75 Å². The van der Waals surface area contributed by atoms with Crippen LogP contribution in [0.15, 0.2) is 72.8 Å². The Morgan fingerprint density at radius 3 is 1.84 bits per heavy atom. The van der Waals surface area contributed by atoms with E-state index in [2.05, 4.69) is 0 Å². The van der Waals surface area contributed by atoms with Crippen LogP contribution >= 0.6 is 0 Å². The Bertz CT molecular complexity index is 1180. The number of anilines is 1. The zero-order chi connectivity index (χ0) is 22.8. The van der Waals surface area contributed by atoms with Gasteiger partial charge in [-0.15, -0.1) is 0 Å². The molecule has 2 amide bonds. The summed E-state index contributed by atoms with van der Waals surface area (Å²) < 4.78 is 10.4. The Hall–Kier alpha value is -4.26. The molecule has 1 heterocycles. The number of methoxy groups -OCH3 is 1. The molecule has 7 heteroatoms. The molecule has 4 rings (SSSR count). The summed E-state index contributed by atoms with van der Waals surface area (Å²) in [6.07, 6.45) is -0.994. The maximum absolute atomic E-state index is 12.6. The van der Waals surface area contributed by atoms with Gasteiger partial charge in [-0.2, -0.15) is 0 Å². The maximum atomic E-state index is 12.6. The van der Waals surface area contributed by atoms with Crippen molar-refractivity contribution in [1.82, 2.24) is 0 Å². The van der Waals surface area contributed by atoms with Crippen LogP contribution in [0.5, 0.6) is 5.75 Å². The van der Waals surface area contributed by atoms with Gasteiger partial charge in [-0.3, -0.25) is 14.4 Å². The summed E-state index contributed by atoms with van der Waals surface area (Å²) in [7, 11) is 1.53. The number of nitrogens with zero attached hydrogens (tertiary/aromatic N) is 1. The Morgan fingerprint density at radius 2 is 1.31 bits per heavy atom. The molecule has 7 nitrogen and oxygen atoms in total. The number of benzene rings is 3. The fraction of sp³-hybridized carbons (Fsp3) is 0.120. The Balaban J connectivity index is 1.45. The van der Waals surface area contributed by atoms with Crippen molar-refractivity contribution in [1.29, 1.82) is 0 Å². The number of imide groups is 1. The van der Waals surface area contributed by atoms with Gasteiger partial charge in [0.1, 0.15) is 5.75 Å². The van der Waals surface area contributed by atoms with E-state index < -0.39 is 23.9 Å². The lowest BCUT2D eigenvalue weighted by atomic mass is 10.1. The van der Waals surface area contributed by atoms with Gasteiger partial charge in [0.15, 0.2) is 6.10 Å². The van der Waals surface area contributed by atoms with Gasteiger partial charge < -0.3 is 9.47 Å². The molecule has 0 fully saturated rings. The van der Waals surface area contributed by atoms with Gasteiger partial charge in [-0.25, -0.2) is 9.69 Å². The molecular formula is C25H19NO6. The Morgan fingerprint density at radius 1 is 0.781 bits per heavy atom. The summed E-state index contributed by atoms with van der Waals surface area (Å²) in [5.41, 5.74) is 1.61. The van der Waals surface area contributed by atoms with Crippen LogP contribution in [0.4, 0.5) is 5.69 Å². The molecule has 0 radical (unpaired) electrons. The van der Waals surface area contributed by atoms with E-state index in [-0.39, 0.29) is 11.3 Å². The number of fused-ring (bicyclic) bond motifs is 1. The van der Waals surface area contributed by atoms with E-state index in [0.29, 0.717) is 28.1 Å². The van der Waals surface area contributed by atoms with Gasteiger partial charge in [0, 0.05) is 5.56 Å². The van der Waals surface area contributed by atoms with E-state index >= 15 is 0 Å². The van der Waals surface area contributed by atoms with Crippen molar-refractivity contribution >= 4 is 29.3 Å². The number of rotatable bonds is 6. The summed E-state index contributed by atoms with van der Waals surface area (Å²) in [5, 5.41) is 0. The lowest BCUT2D eigenvalue weighted by molar-refractivity contribution is 0.0319. The van der Waals surface area contributed by atoms with Crippen LogP contribution in [0.2, 0.25) is 0 Å². The standard InChI is InChI=1S/C25H19NO6/c1-15(22(27)16-9-13-19(31-2)14-10-16)32-25(30)17-7-11-18(12-8-17)26-23(28)20-5-3-4-6-21(20)24(26)29/h3-15H,1-2H3. The molecule has 1 unspecified atom stereocenters. The topological polar surface area (TPSA) is 90.0 Å². The minimum Gasteiger partial charge on any atom is -0.497 e. The van der Waals surface area contributed by atoms with Crippen molar-refractivity contribution in [2.75, 3.05) is 12.0 Å². The lowest BCUT2D eigenvalue weighted by Gasteiger charge is -2.15. The van der Waals surface area contributed by atoms with Crippen LogP contribution in [0.1, 0.15) is 48.4 Å². The number of hydrogen-bond acceptors (Lipinski definition) is 6. The summed E-state index contributed by atoms with van der Waals surface area (Å²) in [4.78, 5) is 51.3. The zero-order valence-corrected chi connectivity index (χ0v) is 17.4. The smallest absolute Gasteiger partial charge is 0.338 e. The number of ketones is 1. The van der Waals surface area contributed by atoms with Gasteiger partial charge in [-0.05, 0) is 67.6 Å². The second-order valence-electron chi connectivity index (χ2n) is 7.18.